The van der Waals surface area contributed by atoms with E-state index < -0.39 is 0 Å². The van der Waals surface area contributed by atoms with E-state index in [1.165, 1.54) is 5.56 Å². The van der Waals surface area contributed by atoms with Gasteiger partial charge in [-0.1, -0.05) is 51.0 Å². The second-order valence-corrected chi connectivity index (χ2v) is 7.55. The topological polar surface area (TPSA) is 57.7 Å². The Labute approximate surface area is 149 Å². The van der Waals surface area contributed by atoms with Gasteiger partial charge in [-0.15, -0.1) is 0 Å². The third-order valence-electron chi connectivity index (χ3n) is 5.07. The third kappa shape index (κ3) is 3.91. The highest BCUT2D eigenvalue weighted by Crippen LogP contribution is 2.27. The van der Waals surface area contributed by atoms with Gasteiger partial charge in [-0.05, 0) is 30.7 Å². The van der Waals surface area contributed by atoms with E-state index in [2.05, 4.69) is 13.8 Å². The minimum atomic E-state index is -0.304. The van der Waals surface area contributed by atoms with E-state index in [0.29, 0.717) is 11.5 Å². The smallest absolute Gasteiger partial charge is 0.312 e. The first-order valence-corrected chi connectivity index (χ1v) is 9.19. The van der Waals surface area contributed by atoms with E-state index in [1.54, 1.807) is 17.0 Å². The minimum absolute atomic E-state index is 0.115. The van der Waals surface area contributed by atoms with Crippen LogP contribution >= 0.6 is 0 Å². The highest BCUT2D eigenvalue weighted by molar-refractivity contribution is 6.08. The van der Waals surface area contributed by atoms with Gasteiger partial charge in [-0.2, -0.15) is 0 Å². The van der Waals surface area contributed by atoms with Crippen molar-refractivity contribution < 1.29 is 14.4 Å². The van der Waals surface area contributed by atoms with Gasteiger partial charge in [-0.25, -0.2) is 4.79 Å². The molecule has 1 heterocycles. The number of Topliss-reactive ketones (excluding diaryl/α,β-unsaturated/α-hetero) is 1. The van der Waals surface area contributed by atoms with Crippen LogP contribution in [-0.2, 0) is 11.2 Å². The molecule has 1 aromatic carbocycles. The first kappa shape index (κ1) is 17.6. The number of benzene rings is 1. The molecule has 1 aliphatic heterocycles. The van der Waals surface area contributed by atoms with Crippen LogP contribution in [0.2, 0.25) is 0 Å². The van der Waals surface area contributed by atoms with Crippen molar-refractivity contribution >= 4 is 17.7 Å². The Morgan fingerprint density at radius 1 is 1.12 bits per heavy atom. The molecule has 25 heavy (non-hydrogen) atoms. The summed E-state index contributed by atoms with van der Waals surface area (Å²) in [5.41, 5.74) is 1.74. The molecule has 134 valence electrons. The van der Waals surface area contributed by atoms with E-state index in [9.17, 15) is 14.4 Å². The largest absolute Gasteiger partial charge is 0.327 e. The van der Waals surface area contributed by atoms with Crippen molar-refractivity contribution in [1.82, 2.24) is 9.80 Å². The lowest BCUT2D eigenvalue weighted by Gasteiger charge is -2.22. The SMILES string of the molecule is CC(C)Cc1ccc(C(=O)CN2C(=O)CN(C3CCCC3)C2=O)cc1. The molecule has 3 rings (SSSR count). The molecule has 5 heteroatoms. The molecule has 5 nitrogen and oxygen atoms in total. The van der Waals surface area contributed by atoms with Gasteiger partial charge in [-0.3, -0.25) is 14.5 Å². The van der Waals surface area contributed by atoms with Gasteiger partial charge in [0.25, 0.3) is 5.91 Å². The lowest BCUT2D eigenvalue weighted by atomic mass is 10.0. The van der Waals surface area contributed by atoms with Crippen LogP contribution in [0.15, 0.2) is 24.3 Å². The van der Waals surface area contributed by atoms with Crippen LogP contribution in [0.5, 0.6) is 0 Å². The summed E-state index contributed by atoms with van der Waals surface area (Å²) in [4.78, 5) is 40.0. The van der Waals surface area contributed by atoms with Crippen LogP contribution in [0, 0.1) is 5.92 Å². The monoisotopic (exact) mass is 342 g/mol. The summed E-state index contributed by atoms with van der Waals surface area (Å²) in [6.07, 6.45) is 5.08. The molecule has 1 saturated carbocycles. The van der Waals surface area contributed by atoms with E-state index in [1.807, 2.05) is 12.1 Å². The van der Waals surface area contributed by atoms with Gasteiger partial charge >= 0.3 is 6.03 Å². The average molecular weight is 342 g/mol. The lowest BCUT2D eigenvalue weighted by molar-refractivity contribution is -0.125. The maximum atomic E-state index is 12.5. The van der Waals surface area contributed by atoms with Gasteiger partial charge in [0.05, 0.1) is 6.54 Å². The molecular formula is C20H26N2O3. The van der Waals surface area contributed by atoms with Crippen molar-refractivity contribution in [3.8, 4) is 0 Å². The molecule has 1 aromatic rings. The van der Waals surface area contributed by atoms with E-state index >= 15 is 0 Å². The Morgan fingerprint density at radius 2 is 1.76 bits per heavy atom. The zero-order chi connectivity index (χ0) is 18.0. The van der Waals surface area contributed by atoms with Crippen LogP contribution in [0.1, 0.15) is 55.5 Å². The molecule has 1 saturated heterocycles. The first-order valence-electron chi connectivity index (χ1n) is 9.19. The van der Waals surface area contributed by atoms with Gasteiger partial charge in [0, 0.05) is 11.6 Å². The Bertz CT molecular complexity index is 660. The van der Waals surface area contributed by atoms with Gasteiger partial charge in [0.1, 0.15) is 6.54 Å². The van der Waals surface area contributed by atoms with Gasteiger partial charge < -0.3 is 4.90 Å². The van der Waals surface area contributed by atoms with E-state index in [0.717, 1.165) is 37.0 Å². The van der Waals surface area contributed by atoms with E-state index in [4.69, 9.17) is 0 Å². The highest BCUT2D eigenvalue weighted by atomic mass is 16.2. The zero-order valence-corrected chi connectivity index (χ0v) is 15.0. The van der Waals surface area contributed by atoms with Crippen molar-refractivity contribution in [1.29, 1.82) is 0 Å². The third-order valence-corrected chi connectivity index (χ3v) is 5.07. The van der Waals surface area contributed by atoms with Crippen molar-refractivity contribution in [3.63, 3.8) is 0 Å². The summed E-state index contributed by atoms with van der Waals surface area (Å²) < 4.78 is 0. The number of carbonyl (C=O) groups excluding carboxylic acids is 3. The first-order chi connectivity index (χ1) is 12.0. The van der Waals surface area contributed by atoms with E-state index in [-0.39, 0.29) is 36.9 Å². The number of urea groups is 1. The summed E-state index contributed by atoms with van der Waals surface area (Å²) in [6, 6.07) is 7.34. The molecule has 0 radical (unpaired) electrons. The molecule has 2 aliphatic rings. The predicted octanol–water partition coefficient (Wildman–Crippen LogP) is 3.27. The number of imide groups is 1. The molecule has 3 amide bonds. The molecule has 0 unspecified atom stereocenters. The van der Waals surface area contributed by atoms with Crippen LogP contribution in [-0.4, -0.2) is 46.7 Å². The van der Waals surface area contributed by atoms with Gasteiger partial charge in [0.2, 0.25) is 0 Å². The molecule has 2 fully saturated rings. The van der Waals surface area contributed by atoms with Crippen molar-refractivity contribution in [2.45, 2.75) is 52.0 Å². The molecule has 0 atom stereocenters. The van der Waals surface area contributed by atoms with Crippen LogP contribution in [0.25, 0.3) is 0 Å². The fourth-order valence-electron chi connectivity index (χ4n) is 3.75. The minimum Gasteiger partial charge on any atom is -0.312 e. The second kappa shape index (κ2) is 7.38. The number of amides is 3. The summed E-state index contributed by atoms with van der Waals surface area (Å²) in [7, 11) is 0. The number of hydrogen-bond donors (Lipinski definition) is 0. The Hall–Kier alpha value is -2.17. The Morgan fingerprint density at radius 3 is 2.36 bits per heavy atom. The number of nitrogens with zero attached hydrogens (tertiary/aromatic N) is 2. The highest BCUT2D eigenvalue weighted by Gasteiger charge is 2.41. The fraction of sp³-hybridized carbons (Fsp3) is 0.550. The standard InChI is InChI=1S/C20H26N2O3/c1-14(2)11-15-7-9-16(10-8-15)18(23)12-22-19(24)13-21(20(22)25)17-5-3-4-6-17/h7-10,14,17H,3-6,11-13H2,1-2H3. The Kier molecular flexibility index (Phi) is 5.21. The zero-order valence-electron chi connectivity index (χ0n) is 15.0. The number of hydrogen-bond acceptors (Lipinski definition) is 3. The van der Waals surface area contributed by atoms with Crippen LogP contribution in [0.3, 0.4) is 0 Å². The quantitative estimate of drug-likeness (QED) is 0.589. The summed E-state index contributed by atoms with van der Waals surface area (Å²) in [6.45, 7) is 4.26. The normalized spacial score (nSPS) is 18.7. The average Bonchev–Trinajstić information content (AvgIpc) is 3.18. The van der Waals surface area contributed by atoms with Gasteiger partial charge in [0.15, 0.2) is 5.78 Å². The molecule has 0 aromatic heterocycles. The number of ketones is 1. The maximum absolute atomic E-state index is 12.5. The molecular weight excluding hydrogens is 316 g/mol. The lowest BCUT2D eigenvalue weighted by Crippen LogP contribution is -2.40. The Balaban J connectivity index is 1.64. The summed E-state index contributed by atoms with van der Waals surface area (Å²) in [5, 5.41) is 0. The molecule has 0 spiro atoms. The molecule has 1 aliphatic carbocycles. The molecule has 0 N–H and O–H groups in total. The van der Waals surface area contributed by atoms with Crippen molar-refractivity contribution in [3.05, 3.63) is 35.4 Å². The van der Waals surface area contributed by atoms with Crippen LogP contribution < -0.4 is 0 Å². The van der Waals surface area contributed by atoms with Crippen LogP contribution in [0.4, 0.5) is 4.79 Å². The number of rotatable bonds is 6. The number of carbonyl (C=O) groups is 3. The fourth-order valence-corrected chi connectivity index (χ4v) is 3.75. The molecule has 0 bridgehead atoms. The van der Waals surface area contributed by atoms with Crippen molar-refractivity contribution in [2.75, 3.05) is 13.1 Å². The predicted molar refractivity (Wildman–Crippen MR) is 95.4 cm³/mol. The summed E-state index contributed by atoms with van der Waals surface area (Å²) in [5.74, 6) is 0.107. The second-order valence-electron chi connectivity index (χ2n) is 7.55. The maximum Gasteiger partial charge on any atom is 0.327 e. The van der Waals surface area contributed by atoms with Crippen molar-refractivity contribution in [2.24, 2.45) is 5.92 Å². The summed E-state index contributed by atoms with van der Waals surface area (Å²) >= 11 is 0.